The maximum absolute atomic E-state index is 8.53. The summed E-state index contributed by atoms with van der Waals surface area (Å²) >= 11 is -0.0227. The summed E-state index contributed by atoms with van der Waals surface area (Å²) in [5.74, 6) is 0.706. The molecule has 104 valence electrons. The van der Waals surface area contributed by atoms with E-state index < -0.39 is 0 Å². The summed E-state index contributed by atoms with van der Waals surface area (Å²) in [5, 5.41) is 11.9. The average molecular weight is 343 g/mol. The molecule has 0 atom stereocenters. The molecule has 0 saturated carbocycles. The Morgan fingerprint density at radius 3 is 3.00 bits per heavy atom. The minimum absolute atomic E-state index is 0.0227. The van der Waals surface area contributed by atoms with Crippen LogP contribution in [0.25, 0.3) is 11.0 Å². The summed E-state index contributed by atoms with van der Waals surface area (Å²) in [4.78, 5) is 0. The van der Waals surface area contributed by atoms with Gasteiger partial charge in [0.2, 0.25) is 0 Å². The molecule has 0 radical (unpaired) electrons. The van der Waals surface area contributed by atoms with Crippen molar-refractivity contribution in [2.75, 3.05) is 11.9 Å². The zero-order valence-electron chi connectivity index (χ0n) is 11.1. The molecule has 0 spiro atoms. The molecule has 21 heavy (non-hydrogen) atoms. The minimum atomic E-state index is -0.0227. The molecule has 0 bridgehead atoms. The van der Waals surface area contributed by atoms with Crippen molar-refractivity contribution < 1.29 is 4.74 Å². The van der Waals surface area contributed by atoms with E-state index in [0.717, 1.165) is 22.3 Å². The van der Waals surface area contributed by atoms with Gasteiger partial charge in [-0.05, 0) is 0 Å². The van der Waals surface area contributed by atoms with Gasteiger partial charge in [0.05, 0.1) is 0 Å². The van der Waals surface area contributed by atoms with Crippen molar-refractivity contribution in [1.82, 2.24) is 7.96 Å². The summed E-state index contributed by atoms with van der Waals surface area (Å²) in [6.07, 6.45) is 0. The predicted octanol–water partition coefficient (Wildman–Crippen LogP) is 2.20. The van der Waals surface area contributed by atoms with Gasteiger partial charge in [-0.2, -0.15) is 0 Å². The Morgan fingerprint density at radius 1 is 1.19 bits per heavy atom. The summed E-state index contributed by atoms with van der Waals surface area (Å²) in [6.45, 7) is 0.730. The van der Waals surface area contributed by atoms with Gasteiger partial charge in [-0.3, -0.25) is 0 Å². The van der Waals surface area contributed by atoms with Gasteiger partial charge < -0.3 is 0 Å². The number of fused-ring (bicyclic) bond motifs is 1. The molecule has 2 aromatic carbocycles. The molecular weight excluding hydrogens is 331 g/mol. The van der Waals surface area contributed by atoms with Gasteiger partial charge in [-0.15, -0.1) is 0 Å². The van der Waals surface area contributed by atoms with Crippen LogP contribution in [0, 0.1) is 11.3 Å². The van der Waals surface area contributed by atoms with E-state index in [9.17, 15) is 0 Å². The van der Waals surface area contributed by atoms with Crippen molar-refractivity contribution in [3.05, 3.63) is 48.0 Å². The molecule has 0 saturated heterocycles. The molecule has 0 aliphatic heterocycles. The van der Waals surface area contributed by atoms with Crippen molar-refractivity contribution >= 4 is 31.7 Å². The SMILES string of the molecule is N#CCOc1cccc(CNc2cccc3n[se]nc23)c1. The number of rotatable bonds is 5. The van der Waals surface area contributed by atoms with Gasteiger partial charge in [0.1, 0.15) is 0 Å². The van der Waals surface area contributed by atoms with Crippen LogP contribution in [0.2, 0.25) is 0 Å². The fourth-order valence-electron chi connectivity index (χ4n) is 2.01. The third-order valence-electron chi connectivity index (χ3n) is 2.97. The van der Waals surface area contributed by atoms with Crippen LogP contribution < -0.4 is 10.1 Å². The number of hydrogen-bond donors (Lipinski definition) is 1. The summed E-state index contributed by atoms with van der Waals surface area (Å²) in [6, 6.07) is 15.6. The van der Waals surface area contributed by atoms with Crippen molar-refractivity contribution in [3.8, 4) is 11.8 Å². The molecule has 6 heteroatoms. The second-order valence-corrected chi connectivity index (χ2v) is 5.49. The first kappa shape index (κ1) is 13.6. The molecule has 1 aromatic heterocycles. The number of hydrogen-bond acceptors (Lipinski definition) is 5. The van der Waals surface area contributed by atoms with E-state index in [1.54, 1.807) is 0 Å². The molecule has 0 amide bonds. The van der Waals surface area contributed by atoms with E-state index in [1.165, 1.54) is 0 Å². The van der Waals surface area contributed by atoms with Gasteiger partial charge in [0.25, 0.3) is 0 Å². The summed E-state index contributed by atoms with van der Waals surface area (Å²) in [7, 11) is 0. The Labute approximate surface area is 128 Å². The normalized spacial score (nSPS) is 10.2. The Bertz CT molecular complexity index is 793. The third-order valence-corrected chi connectivity index (χ3v) is 4.11. The molecule has 0 aliphatic carbocycles. The number of benzene rings is 2. The van der Waals surface area contributed by atoms with E-state index in [4.69, 9.17) is 10.00 Å². The molecule has 3 rings (SSSR count). The van der Waals surface area contributed by atoms with Crippen LogP contribution in [0.5, 0.6) is 5.75 Å². The molecule has 0 aliphatic rings. The maximum atomic E-state index is 8.53. The van der Waals surface area contributed by atoms with Crippen molar-refractivity contribution in [2.24, 2.45) is 0 Å². The van der Waals surface area contributed by atoms with Crippen LogP contribution in [0.15, 0.2) is 42.5 Å². The van der Waals surface area contributed by atoms with Gasteiger partial charge in [-0.1, -0.05) is 0 Å². The van der Waals surface area contributed by atoms with Crippen LogP contribution in [-0.2, 0) is 6.54 Å². The molecule has 0 fully saturated rings. The van der Waals surface area contributed by atoms with Crippen molar-refractivity contribution in [2.45, 2.75) is 6.54 Å². The number of nitrogens with zero attached hydrogens (tertiary/aromatic N) is 3. The first-order chi connectivity index (χ1) is 10.4. The van der Waals surface area contributed by atoms with Crippen molar-refractivity contribution in [3.63, 3.8) is 0 Å². The van der Waals surface area contributed by atoms with Gasteiger partial charge in [-0.25, -0.2) is 0 Å². The summed E-state index contributed by atoms with van der Waals surface area (Å²) in [5.41, 5.74) is 4.00. The number of aromatic nitrogens is 2. The predicted molar refractivity (Wildman–Crippen MR) is 81.4 cm³/mol. The number of anilines is 1. The van der Waals surface area contributed by atoms with Gasteiger partial charge >= 0.3 is 128 Å². The molecule has 1 heterocycles. The first-order valence-corrected chi connectivity index (χ1v) is 7.94. The Hall–Kier alpha value is -2.35. The Kier molecular flexibility index (Phi) is 4.15. The fourth-order valence-corrected chi connectivity index (χ4v) is 3.16. The standard InChI is InChI=1S/C15H12N4OSe/c16-7-8-20-12-4-1-3-11(9-12)10-17-13-5-2-6-14-15(13)19-21-18-14/h1-6,9,17H,8,10H2. The quantitative estimate of drug-likeness (QED) is 0.719. The molecule has 5 nitrogen and oxygen atoms in total. The van der Waals surface area contributed by atoms with E-state index >= 15 is 0 Å². The average Bonchev–Trinajstić information content (AvgIpc) is 3.00. The van der Waals surface area contributed by atoms with Crippen LogP contribution >= 0.6 is 0 Å². The fraction of sp³-hybridized carbons (Fsp3) is 0.133. The molecule has 1 N–H and O–H groups in total. The van der Waals surface area contributed by atoms with Gasteiger partial charge in [0.15, 0.2) is 0 Å². The molecular formula is C15H12N4OSe. The van der Waals surface area contributed by atoms with Crippen LogP contribution in [-0.4, -0.2) is 29.5 Å². The zero-order valence-corrected chi connectivity index (χ0v) is 12.8. The Morgan fingerprint density at radius 2 is 2.10 bits per heavy atom. The number of nitriles is 1. The molecule has 3 aromatic rings. The first-order valence-electron chi connectivity index (χ1n) is 6.40. The summed E-state index contributed by atoms with van der Waals surface area (Å²) < 4.78 is 14.1. The topological polar surface area (TPSA) is 70.8 Å². The van der Waals surface area contributed by atoms with E-state index in [1.807, 2.05) is 48.5 Å². The molecule has 0 unspecified atom stereocenters. The van der Waals surface area contributed by atoms with Gasteiger partial charge in [0, 0.05) is 0 Å². The number of nitrogens with one attached hydrogen (secondary N) is 1. The number of ether oxygens (including phenoxy) is 1. The Balaban J connectivity index is 1.73. The monoisotopic (exact) mass is 344 g/mol. The van der Waals surface area contributed by atoms with Crippen LogP contribution in [0.4, 0.5) is 5.69 Å². The third kappa shape index (κ3) is 3.22. The van der Waals surface area contributed by atoms with Crippen LogP contribution in [0.3, 0.4) is 0 Å². The van der Waals surface area contributed by atoms with E-state index in [0.29, 0.717) is 12.3 Å². The zero-order chi connectivity index (χ0) is 14.5. The van der Waals surface area contributed by atoms with Crippen molar-refractivity contribution in [1.29, 1.82) is 5.26 Å². The second kappa shape index (κ2) is 6.40. The van der Waals surface area contributed by atoms with E-state index in [-0.39, 0.29) is 21.6 Å². The van der Waals surface area contributed by atoms with E-state index in [2.05, 4.69) is 13.3 Å². The second-order valence-electron chi connectivity index (χ2n) is 4.39. The van der Waals surface area contributed by atoms with Crippen LogP contribution in [0.1, 0.15) is 5.56 Å².